The Morgan fingerprint density at radius 2 is 1.53 bits per heavy atom. The summed E-state index contributed by atoms with van der Waals surface area (Å²) in [5, 5.41) is -0.0567. The van der Waals surface area contributed by atoms with Crippen molar-refractivity contribution in [3.05, 3.63) is 0 Å². The van der Waals surface area contributed by atoms with Crippen LogP contribution in [0.25, 0.3) is 0 Å². The Kier molecular flexibility index (Phi) is 7.72. The molecular weight excluding hydrogens is 288 g/mol. The van der Waals surface area contributed by atoms with Crippen molar-refractivity contribution in [3.8, 4) is 0 Å². The highest BCUT2D eigenvalue weighted by Gasteiger charge is 2.42. The molecule has 0 aromatic carbocycles. The van der Waals surface area contributed by atoms with Gasteiger partial charge in [0.2, 0.25) is 9.04 Å². The Morgan fingerprint density at radius 1 is 1.05 bits per heavy atom. The number of rotatable bonds is 9. The van der Waals surface area contributed by atoms with Crippen molar-refractivity contribution in [1.29, 1.82) is 0 Å². The van der Waals surface area contributed by atoms with Crippen LogP contribution in [0.15, 0.2) is 0 Å². The molecule has 0 aromatic heterocycles. The zero-order valence-electron chi connectivity index (χ0n) is 14.2. The summed E-state index contributed by atoms with van der Waals surface area (Å²) in [6.45, 7) is 15.2. The van der Waals surface area contributed by atoms with E-state index in [1.807, 2.05) is 20.2 Å². The van der Waals surface area contributed by atoms with Gasteiger partial charge >= 0.3 is 0 Å². The molecule has 0 spiro atoms. The van der Waals surface area contributed by atoms with E-state index < -0.39 is 25.7 Å². The van der Waals surface area contributed by atoms with E-state index in [2.05, 4.69) is 33.5 Å². The standard InChI is InChI=1S/C13H34O3Si3/c1-9-13(10-2,16-18(4,5)6)17(15-3)11-12-19(7,8)14/h14,17H,9-12H2,1-8H3. The molecule has 0 aliphatic carbocycles. The maximum atomic E-state index is 10.1. The third kappa shape index (κ3) is 7.19. The lowest BCUT2D eigenvalue weighted by Crippen LogP contribution is -2.54. The zero-order valence-corrected chi connectivity index (χ0v) is 17.3. The molecule has 1 N–H and O–H groups in total. The molecule has 0 aromatic rings. The molecular formula is C13H34O3Si3. The van der Waals surface area contributed by atoms with Crippen LogP contribution in [0, 0.1) is 0 Å². The summed E-state index contributed by atoms with van der Waals surface area (Å²) in [5.74, 6) is 0. The first kappa shape index (κ1) is 19.5. The molecule has 0 saturated heterocycles. The van der Waals surface area contributed by atoms with E-state index in [9.17, 15) is 4.80 Å². The molecule has 1 unspecified atom stereocenters. The fourth-order valence-electron chi connectivity index (χ4n) is 2.61. The summed E-state index contributed by atoms with van der Waals surface area (Å²) >= 11 is 0. The van der Waals surface area contributed by atoms with Crippen molar-refractivity contribution in [2.75, 3.05) is 7.11 Å². The van der Waals surface area contributed by atoms with E-state index in [0.29, 0.717) is 0 Å². The fourth-order valence-corrected chi connectivity index (χ4v) is 11.7. The van der Waals surface area contributed by atoms with E-state index >= 15 is 0 Å². The zero-order chi connectivity index (χ0) is 15.3. The summed E-state index contributed by atoms with van der Waals surface area (Å²) in [6.07, 6.45) is 2.04. The van der Waals surface area contributed by atoms with Crippen LogP contribution < -0.4 is 0 Å². The van der Waals surface area contributed by atoms with Crippen molar-refractivity contribution in [2.24, 2.45) is 0 Å². The van der Waals surface area contributed by atoms with Crippen LogP contribution in [-0.2, 0) is 8.85 Å². The predicted octanol–water partition coefficient (Wildman–Crippen LogP) is 3.50. The van der Waals surface area contributed by atoms with E-state index in [1.54, 1.807) is 0 Å². The molecule has 116 valence electrons. The molecule has 19 heavy (non-hydrogen) atoms. The second-order valence-electron chi connectivity index (χ2n) is 7.06. The number of hydrogen-bond donors (Lipinski definition) is 1. The first-order valence-corrected chi connectivity index (χ1v) is 15.9. The van der Waals surface area contributed by atoms with Gasteiger partial charge < -0.3 is 13.6 Å². The summed E-state index contributed by atoms with van der Waals surface area (Å²) in [7, 11) is -3.22. The minimum absolute atomic E-state index is 0.0567. The smallest absolute Gasteiger partial charge is 0.206 e. The van der Waals surface area contributed by atoms with Crippen molar-refractivity contribution in [2.45, 2.75) is 76.7 Å². The lowest BCUT2D eigenvalue weighted by Gasteiger charge is -2.42. The molecule has 0 saturated carbocycles. The second-order valence-corrected chi connectivity index (χ2v) is 18.7. The van der Waals surface area contributed by atoms with Crippen molar-refractivity contribution >= 4 is 25.7 Å². The van der Waals surface area contributed by atoms with Crippen LogP contribution >= 0.6 is 0 Å². The van der Waals surface area contributed by atoms with Crippen LogP contribution in [0.5, 0.6) is 0 Å². The summed E-state index contributed by atoms with van der Waals surface area (Å²) in [4.78, 5) is 10.1. The summed E-state index contributed by atoms with van der Waals surface area (Å²) in [5.41, 5.74) is 0. The Morgan fingerprint density at radius 3 is 1.79 bits per heavy atom. The molecule has 1 atom stereocenters. The SMILES string of the molecule is CCC(CC)(O[Si](C)(C)C)[SiH](CC[Si](C)(C)O)OC. The lowest BCUT2D eigenvalue weighted by atomic mass is 10.2. The largest absolute Gasteiger partial charge is 0.432 e. The Labute approximate surface area is 123 Å². The topological polar surface area (TPSA) is 38.7 Å². The average molecular weight is 323 g/mol. The first-order valence-electron chi connectivity index (χ1n) is 7.45. The predicted molar refractivity (Wildman–Crippen MR) is 91.2 cm³/mol. The minimum Gasteiger partial charge on any atom is -0.432 e. The Balaban J connectivity index is 4.99. The molecule has 0 heterocycles. The maximum absolute atomic E-state index is 10.1. The van der Waals surface area contributed by atoms with E-state index in [-0.39, 0.29) is 5.22 Å². The Hall–Kier alpha value is 0.531. The summed E-state index contributed by atoms with van der Waals surface area (Å²) < 4.78 is 12.4. The highest BCUT2D eigenvalue weighted by molar-refractivity contribution is 6.73. The van der Waals surface area contributed by atoms with Crippen LogP contribution in [0.1, 0.15) is 26.7 Å². The van der Waals surface area contributed by atoms with E-state index in [4.69, 9.17) is 8.85 Å². The molecule has 3 nitrogen and oxygen atoms in total. The quantitative estimate of drug-likeness (QED) is 0.660. The van der Waals surface area contributed by atoms with Crippen LogP contribution in [-0.4, -0.2) is 42.8 Å². The van der Waals surface area contributed by atoms with Gasteiger partial charge in [0.25, 0.3) is 0 Å². The van der Waals surface area contributed by atoms with E-state index in [0.717, 1.165) is 24.9 Å². The van der Waals surface area contributed by atoms with Gasteiger partial charge in [-0.1, -0.05) is 13.8 Å². The van der Waals surface area contributed by atoms with Crippen LogP contribution in [0.3, 0.4) is 0 Å². The van der Waals surface area contributed by atoms with Crippen molar-refractivity contribution in [1.82, 2.24) is 0 Å². The Bertz CT molecular complexity index is 255. The van der Waals surface area contributed by atoms with Crippen molar-refractivity contribution < 1.29 is 13.6 Å². The molecule has 0 bridgehead atoms. The third-order valence-corrected chi connectivity index (χ3v) is 10.4. The first-order chi connectivity index (χ1) is 8.49. The molecule has 0 fully saturated rings. The monoisotopic (exact) mass is 322 g/mol. The normalized spacial score (nSPS) is 15.6. The van der Waals surface area contributed by atoms with E-state index in [1.165, 1.54) is 0 Å². The molecule has 0 rings (SSSR count). The summed E-state index contributed by atoms with van der Waals surface area (Å²) in [6, 6.07) is 1.95. The van der Waals surface area contributed by atoms with Gasteiger partial charge in [-0.15, -0.1) is 0 Å². The van der Waals surface area contributed by atoms with Gasteiger partial charge in [-0.2, -0.15) is 0 Å². The van der Waals surface area contributed by atoms with Gasteiger partial charge in [0.1, 0.15) is 0 Å². The van der Waals surface area contributed by atoms with Crippen molar-refractivity contribution in [3.63, 3.8) is 0 Å². The van der Waals surface area contributed by atoms with Gasteiger partial charge in [-0.05, 0) is 57.7 Å². The maximum Gasteiger partial charge on any atom is 0.206 e. The molecule has 0 aliphatic rings. The third-order valence-electron chi connectivity index (χ3n) is 3.60. The van der Waals surface area contributed by atoms with Gasteiger partial charge in [-0.25, -0.2) is 0 Å². The lowest BCUT2D eigenvalue weighted by molar-refractivity contribution is 0.109. The second kappa shape index (κ2) is 7.51. The van der Waals surface area contributed by atoms with Crippen LogP contribution in [0.4, 0.5) is 0 Å². The van der Waals surface area contributed by atoms with Gasteiger partial charge in [0, 0.05) is 7.11 Å². The average Bonchev–Trinajstić information content (AvgIpc) is 2.24. The number of hydrogen-bond acceptors (Lipinski definition) is 3. The highest BCUT2D eigenvalue weighted by Crippen LogP contribution is 2.32. The van der Waals surface area contributed by atoms with Crippen LogP contribution in [0.2, 0.25) is 44.8 Å². The fraction of sp³-hybridized carbons (Fsp3) is 1.00. The van der Waals surface area contributed by atoms with Gasteiger partial charge in [0.15, 0.2) is 16.6 Å². The minimum atomic E-state index is -1.99. The van der Waals surface area contributed by atoms with Gasteiger partial charge in [0.05, 0.1) is 5.22 Å². The molecule has 0 aliphatic heterocycles. The van der Waals surface area contributed by atoms with Gasteiger partial charge in [-0.3, -0.25) is 0 Å². The molecule has 0 radical (unpaired) electrons. The molecule has 6 heteroatoms. The highest BCUT2D eigenvalue weighted by atomic mass is 28.4. The molecule has 0 amide bonds.